The van der Waals surface area contributed by atoms with Crippen LogP contribution in [0.25, 0.3) is 0 Å². The first-order chi connectivity index (χ1) is 9.85. The van der Waals surface area contributed by atoms with E-state index in [4.69, 9.17) is 4.74 Å². The highest BCUT2D eigenvalue weighted by molar-refractivity contribution is 7.92. The maximum atomic E-state index is 13.3. The average Bonchev–Trinajstić information content (AvgIpc) is 2.44. The van der Waals surface area contributed by atoms with Crippen LogP contribution in [0.5, 0.6) is 5.75 Å². The van der Waals surface area contributed by atoms with Gasteiger partial charge in [-0.05, 0) is 49.2 Å². The molecule has 0 unspecified atom stereocenters. The minimum absolute atomic E-state index is 0.0919. The highest BCUT2D eigenvalue weighted by Crippen LogP contribution is 2.28. The van der Waals surface area contributed by atoms with E-state index in [1.54, 1.807) is 12.1 Å². The van der Waals surface area contributed by atoms with Crippen molar-refractivity contribution in [2.75, 3.05) is 11.8 Å². The third kappa shape index (κ3) is 3.16. The second-order valence-corrected chi connectivity index (χ2v) is 6.30. The number of aryl methyl sites for hydroxylation is 1. The fourth-order valence-electron chi connectivity index (χ4n) is 1.92. The molecule has 0 spiro atoms. The first-order valence-electron chi connectivity index (χ1n) is 6.27. The van der Waals surface area contributed by atoms with Gasteiger partial charge in [0.2, 0.25) is 0 Å². The van der Waals surface area contributed by atoms with Crippen molar-refractivity contribution in [3.63, 3.8) is 0 Å². The van der Waals surface area contributed by atoms with Gasteiger partial charge >= 0.3 is 0 Å². The van der Waals surface area contributed by atoms with Crippen LogP contribution in [0.2, 0.25) is 0 Å². The van der Waals surface area contributed by atoms with E-state index in [9.17, 15) is 12.8 Å². The molecule has 6 heteroatoms. The molecule has 112 valence electrons. The van der Waals surface area contributed by atoms with Crippen LogP contribution >= 0.6 is 0 Å². The average molecular weight is 309 g/mol. The molecule has 0 atom stereocenters. The SMILES string of the molecule is COc1ccc(F)cc1S(=O)(=O)Nc1cccc(C)c1C. The summed E-state index contributed by atoms with van der Waals surface area (Å²) in [6.45, 7) is 3.70. The summed E-state index contributed by atoms with van der Waals surface area (Å²) < 4.78 is 45.7. The molecule has 0 fully saturated rings. The third-order valence-electron chi connectivity index (χ3n) is 3.26. The van der Waals surface area contributed by atoms with Gasteiger partial charge in [-0.15, -0.1) is 0 Å². The fourth-order valence-corrected chi connectivity index (χ4v) is 3.23. The molecule has 0 aliphatic carbocycles. The lowest BCUT2D eigenvalue weighted by Gasteiger charge is -2.14. The second-order valence-electron chi connectivity index (χ2n) is 4.65. The molecule has 0 heterocycles. The number of hydrogen-bond donors (Lipinski definition) is 1. The van der Waals surface area contributed by atoms with Crippen molar-refractivity contribution in [3.8, 4) is 5.75 Å². The van der Waals surface area contributed by atoms with Gasteiger partial charge in [-0.2, -0.15) is 0 Å². The van der Waals surface area contributed by atoms with Gasteiger partial charge in [0.1, 0.15) is 16.5 Å². The van der Waals surface area contributed by atoms with Crippen molar-refractivity contribution in [3.05, 3.63) is 53.3 Å². The Morgan fingerprint density at radius 2 is 1.86 bits per heavy atom. The van der Waals surface area contributed by atoms with Crippen molar-refractivity contribution >= 4 is 15.7 Å². The van der Waals surface area contributed by atoms with Crippen molar-refractivity contribution in [2.45, 2.75) is 18.7 Å². The summed E-state index contributed by atoms with van der Waals surface area (Å²) >= 11 is 0. The molecule has 21 heavy (non-hydrogen) atoms. The second kappa shape index (κ2) is 5.73. The maximum absolute atomic E-state index is 13.3. The topological polar surface area (TPSA) is 55.4 Å². The molecular weight excluding hydrogens is 293 g/mol. The summed E-state index contributed by atoms with van der Waals surface area (Å²) in [6.07, 6.45) is 0. The molecule has 0 radical (unpaired) electrons. The largest absolute Gasteiger partial charge is 0.495 e. The Hall–Kier alpha value is -2.08. The Morgan fingerprint density at radius 3 is 2.52 bits per heavy atom. The zero-order valence-electron chi connectivity index (χ0n) is 12.0. The summed E-state index contributed by atoms with van der Waals surface area (Å²) in [5, 5.41) is 0. The number of sulfonamides is 1. The van der Waals surface area contributed by atoms with Crippen molar-refractivity contribution in [2.24, 2.45) is 0 Å². The summed E-state index contributed by atoms with van der Waals surface area (Å²) in [6, 6.07) is 8.67. The zero-order valence-corrected chi connectivity index (χ0v) is 12.8. The molecule has 2 rings (SSSR count). The quantitative estimate of drug-likeness (QED) is 0.943. The van der Waals surface area contributed by atoms with E-state index >= 15 is 0 Å². The van der Waals surface area contributed by atoms with Crippen LogP contribution in [0.1, 0.15) is 11.1 Å². The number of ether oxygens (including phenoxy) is 1. The van der Waals surface area contributed by atoms with Crippen LogP contribution < -0.4 is 9.46 Å². The van der Waals surface area contributed by atoms with Crippen LogP contribution in [0.4, 0.5) is 10.1 Å². The predicted octanol–water partition coefficient (Wildman–Crippen LogP) is 3.25. The molecule has 2 aromatic rings. The molecule has 0 amide bonds. The predicted molar refractivity (Wildman–Crippen MR) is 79.7 cm³/mol. The number of halogens is 1. The van der Waals surface area contributed by atoms with Gasteiger partial charge in [-0.25, -0.2) is 12.8 Å². The molecule has 0 bridgehead atoms. The minimum Gasteiger partial charge on any atom is -0.495 e. The van der Waals surface area contributed by atoms with Gasteiger partial charge in [0.15, 0.2) is 0 Å². The number of nitrogens with one attached hydrogen (secondary N) is 1. The maximum Gasteiger partial charge on any atom is 0.265 e. The van der Waals surface area contributed by atoms with E-state index in [0.717, 1.165) is 23.3 Å². The molecular formula is C15H16FNO3S. The molecule has 0 saturated carbocycles. The number of rotatable bonds is 4. The standard InChI is InChI=1S/C15H16FNO3S/c1-10-5-4-6-13(11(10)2)17-21(18,19)15-9-12(16)7-8-14(15)20-3/h4-9,17H,1-3H3. The van der Waals surface area contributed by atoms with Crippen LogP contribution in [0.15, 0.2) is 41.3 Å². The highest BCUT2D eigenvalue weighted by Gasteiger charge is 2.21. The summed E-state index contributed by atoms with van der Waals surface area (Å²) in [7, 11) is -2.60. The number of hydrogen-bond acceptors (Lipinski definition) is 3. The van der Waals surface area contributed by atoms with E-state index < -0.39 is 15.8 Å². The lowest BCUT2D eigenvalue weighted by Crippen LogP contribution is -2.15. The van der Waals surface area contributed by atoms with Gasteiger partial charge in [-0.1, -0.05) is 12.1 Å². The summed E-state index contributed by atoms with van der Waals surface area (Å²) in [5.74, 6) is -0.550. The van der Waals surface area contributed by atoms with Gasteiger partial charge in [0.05, 0.1) is 12.8 Å². The molecule has 0 aliphatic heterocycles. The van der Waals surface area contributed by atoms with E-state index in [2.05, 4.69) is 4.72 Å². The van der Waals surface area contributed by atoms with Crippen molar-refractivity contribution < 1.29 is 17.5 Å². The molecule has 0 saturated heterocycles. The monoisotopic (exact) mass is 309 g/mol. The normalized spacial score (nSPS) is 11.2. The van der Waals surface area contributed by atoms with Gasteiger partial charge in [0, 0.05) is 0 Å². The van der Waals surface area contributed by atoms with E-state index in [-0.39, 0.29) is 10.6 Å². The lowest BCUT2D eigenvalue weighted by molar-refractivity contribution is 0.401. The highest BCUT2D eigenvalue weighted by atomic mass is 32.2. The lowest BCUT2D eigenvalue weighted by atomic mass is 10.1. The van der Waals surface area contributed by atoms with Crippen LogP contribution in [-0.4, -0.2) is 15.5 Å². The van der Waals surface area contributed by atoms with Crippen molar-refractivity contribution in [1.29, 1.82) is 0 Å². The minimum atomic E-state index is -3.93. The Morgan fingerprint density at radius 1 is 1.14 bits per heavy atom. The summed E-state index contributed by atoms with van der Waals surface area (Å²) in [5.41, 5.74) is 2.24. The third-order valence-corrected chi connectivity index (χ3v) is 4.65. The van der Waals surface area contributed by atoms with Gasteiger partial charge in [-0.3, -0.25) is 4.72 Å². The van der Waals surface area contributed by atoms with Gasteiger partial charge < -0.3 is 4.74 Å². The molecule has 0 aliphatic rings. The molecule has 2 aromatic carbocycles. The smallest absolute Gasteiger partial charge is 0.265 e. The Bertz CT molecular complexity index is 772. The van der Waals surface area contributed by atoms with E-state index in [1.807, 2.05) is 19.9 Å². The van der Waals surface area contributed by atoms with E-state index in [0.29, 0.717) is 5.69 Å². The van der Waals surface area contributed by atoms with Crippen LogP contribution in [-0.2, 0) is 10.0 Å². The number of anilines is 1. The molecule has 1 N–H and O–H groups in total. The Kier molecular flexibility index (Phi) is 4.18. The van der Waals surface area contributed by atoms with E-state index in [1.165, 1.54) is 13.2 Å². The van der Waals surface area contributed by atoms with Gasteiger partial charge in [0.25, 0.3) is 10.0 Å². The van der Waals surface area contributed by atoms with Crippen LogP contribution in [0, 0.1) is 19.7 Å². The first kappa shape index (κ1) is 15.3. The Balaban J connectivity index is 2.48. The van der Waals surface area contributed by atoms with Crippen molar-refractivity contribution in [1.82, 2.24) is 0 Å². The Labute approximate surface area is 123 Å². The first-order valence-corrected chi connectivity index (χ1v) is 7.76. The summed E-state index contributed by atoms with van der Waals surface area (Å²) in [4.78, 5) is -0.231. The fraction of sp³-hybridized carbons (Fsp3) is 0.200. The zero-order chi connectivity index (χ0) is 15.6. The number of methoxy groups -OCH3 is 1. The molecule has 4 nitrogen and oxygen atoms in total. The van der Waals surface area contributed by atoms with Crippen LogP contribution in [0.3, 0.4) is 0 Å². The number of benzene rings is 2. The molecule has 0 aromatic heterocycles.